The molecule has 19 heavy (non-hydrogen) atoms. The third kappa shape index (κ3) is 3.06. The molecule has 1 aliphatic carbocycles. The quantitative estimate of drug-likeness (QED) is 0.897. The second kappa shape index (κ2) is 5.87. The summed E-state index contributed by atoms with van der Waals surface area (Å²) in [4.78, 5) is 0. The van der Waals surface area contributed by atoms with Gasteiger partial charge < -0.3 is 10.4 Å². The maximum Gasteiger partial charge on any atom is 0.0922 e. The fraction of sp³-hybridized carbons (Fsp3) is 0.375. The van der Waals surface area contributed by atoms with Gasteiger partial charge in [-0.05, 0) is 52.8 Å². The lowest BCUT2D eigenvalue weighted by Crippen LogP contribution is -2.37. The first-order chi connectivity index (χ1) is 9.33. The second-order valence-electron chi connectivity index (χ2n) is 5.19. The smallest absolute Gasteiger partial charge is 0.0922 e. The molecular weight excluding hydrogens is 254 g/mol. The molecule has 2 atom stereocenters. The van der Waals surface area contributed by atoms with Gasteiger partial charge in [-0.15, -0.1) is 0 Å². The molecule has 0 bridgehead atoms. The molecule has 2 nitrogen and oxygen atoms in total. The molecular formula is C16H19NOS. The predicted octanol–water partition coefficient (Wildman–Crippen LogP) is 2.93. The molecule has 1 heterocycles. The van der Waals surface area contributed by atoms with E-state index in [1.165, 1.54) is 11.1 Å². The first kappa shape index (κ1) is 12.9. The summed E-state index contributed by atoms with van der Waals surface area (Å²) >= 11 is 1.63. The maximum atomic E-state index is 10.1. The molecule has 0 amide bonds. The van der Waals surface area contributed by atoms with E-state index in [1.807, 2.05) is 16.8 Å². The molecule has 0 fully saturated rings. The van der Waals surface area contributed by atoms with Crippen molar-refractivity contribution in [2.45, 2.75) is 31.4 Å². The van der Waals surface area contributed by atoms with Gasteiger partial charge in [0.15, 0.2) is 0 Å². The fourth-order valence-corrected chi connectivity index (χ4v) is 3.44. The van der Waals surface area contributed by atoms with Gasteiger partial charge in [0.1, 0.15) is 0 Å². The topological polar surface area (TPSA) is 32.3 Å². The number of benzene rings is 1. The van der Waals surface area contributed by atoms with Crippen LogP contribution in [0.2, 0.25) is 0 Å². The molecule has 2 aromatic rings. The minimum absolute atomic E-state index is 0.386. The molecule has 1 aromatic heterocycles. The molecule has 0 radical (unpaired) electrons. The summed E-state index contributed by atoms with van der Waals surface area (Å²) < 4.78 is 0. The molecule has 0 aliphatic heterocycles. The van der Waals surface area contributed by atoms with E-state index in [4.69, 9.17) is 0 Å². The van der Waals surface area contributed by atoms with Crippen molar-refractivity contribution in [3.05, 3.63) is 57.8 Å². The van der Waals surface area contributed by atoms with Crippen LogP contribution < -0.4 is 5.32 Å². The van der Waals surface area contributed by atoms with E-state index in [2.05, 4.69) is 29.6 Å². The largest absolute Gasteiger partial charge is 0.387 e. The van der Waals surface area contributed by atoms with E-state index >= 15 is 0 Å². The lowest BCUT2D eigenvalue weighted by atomic mass is 9.88. The molecule has 1 aromatic carbocycles. The van der Waals surface area contributed by atoms with Crippen LogP contribution in [0.1, 0.15) is 29.2 Å². The van der Waals surface area contributed by atoms with Gasteiger partial charge in [-0.3, -0.25) is 0 Å². The van der Waals surface area contributed by atoms with Crippen LogP contribution in [0.5, 0.6) is 0 Å². The monoisotopic (exact) mass is 273 g/mol. The summed E-state index contributed by atoms with van der Waals surface area (Å²) in [6, 6.07) is 11.2. The Hall–Kier alpha value is -1.16. The van der Waals surface area contributed by atoms with Crippen molar-refractivity contribution in [2.75, 3.05) is 6.54 Å². The van der Waals surface area contributed by atoms with E-state index in [0.29, 0.717) is 12.6 Å². The summed E-state index contributed by atoms with van der Waals surface area (Å²) in [5.41, 5.74) is 3.96. The maximum absolute atomic E-state index is 10.1. The van der Waals surface area contributed by atoms with Crippen molar-refractivity contribution < 1.29 is 5.11 Å². The van der Waals surface area contributed by atoms with Crippen LogP contribution in [-0.2, 0) is 12.8 Å². The number of aliphatic hydroxyl groups excluding tert-OH is 1. The van der Waals surface area contributed by atoms with Crippen molar-refractivity contribution in [1.82, 2.24) is 5.32 Å². The minimum Gasteiger partial charge on any atom is -0.387 e. The van der Waals surface area contributed by atoms with Gasteiger partial charge in [-0.1, -0.05) is 24.3 Å². The van der Waals surface area contributed by atoms with E-state index in [-0.39, 0.29) is 6.10 Å². The van der Waals surface area contributed by atoms with Crippen molar-refractivity contribution in [1.29, 1.82) is 0 Å². The van der Waals surface area contributed by atoms with Gasteiger partial charge in [-0.25, -0.2) is 0 Å². The molecule has 0 saturated carbocycles. The predicted molar refractivity (Wildman–Crippen MR) is 79.5 cm³/mol. The normalized spacial score (nSPS) is 19.9. The minimum atomic E-state index is -0.386. The average molecular weight is 273 g/mol. The summed E-state index contributed by atoms with van der Waals surface area (Å²) in [5, 5.41) is 17.6. The lowest BCUT2D eigenvalue weighted by molar-refractivity contribution is 0.168. The lowest BCUT2D eigenvalue weighted by Gasteiger charge is -2.26. The zero-order valence-electron chi connectivity index (χ0n) is 10.9. The molecule has 3 rings (SSSR count). The van der Waals surface area contributed by atoms with Crippen molar-refractivity contribution in [3.8, 4) is 0 Å². The molecule has 100 valence electrons. The number of nitrogens with one attached hydrogen (secondary N) is 1. The van der Waals surface area contributed by atoms with Crippen LogP contribution in [0, 0.1) is 0 Å². The van der Waals surface area contributed by atoms with E-state index < -0.39 is 0 Å². The van der Waals surface area contributed by atoms with Crippen LogP contribution in [0.4, 0.5) is 0 Å². The Morgan fingerprint density at radius 1 is 1.26 bits per heavy atom. The van der Waals surface area contributed by atoms with Gasteiger partial charge >= 0.3 is 0 Å². The molecule has 0 saturated heterocycles. The molecule has 3 heteroatoms. The zero-order valence-corrected chi connectivity index (χ0v) is 11.7. The fourth-order valence-electron chi connectivity index (χ4n) is 2.73. The summed E-state index contributed by atoms with van der Waals surface area (Å²) in [7, 11) is 0. The molecule has 1 aliphatic rings. The third-order valence-corrected chi connectivity index (χ3v) is 4.58. The Balaban J connectivity index is 1.55. The number of rotatable bonds is 4. The van der Waals surface area contributed by atoms with Crippen molar-refractivity contribution in [3.63, 3.8) is 0 Å². The van der Waals surface area contributed by atoms with Crippen molar-refractivity contribution in [2.24, 2.45) is 0 Å². The number of hydrogen-bond donors (Lipinski definition) is 2. The highest BCUT2D eigenvalue weighted by Gasteiger charge is 2.18. The summed E-state index contributed by atoms with van der Waals surface area (Å²) in [5.74, 6) is 0. The Morgan fingerprint density at radius 2 is 2.11 bits per heavy atom. The van der Waals surface area contributed by atoms with Gasteiger partial charge in [0, 0.05) is 12.6 Å². The third-order valence-electron chi connectivity index (χ3n) is 3.87. The number of aryl methyl sites for hydroxylation is 1. The van der Waals surface area contributed by atoms with Crippen LogP contribution in [-0.4, -0.2) is 17.7 Å². The van der Waals surface area contributed by atoms with Gasteiger partial charge in [0.2, 0.25) is 0 Å². The van der Waals surface area contributed by atoms with Crippen molar-refractivity contribution >= 4 is 11.3 Å². The number of thiophene rings is 1. The highest BCUT2D eigenvalue weighted by Crippen LogP contribution is 2.22. The van der Waals surface area contributed by atoms with Crippen LogP contribution in [0.25, 0.3) is 0 Å². The highest BCUT2D eigenvalue weighted by atomic mass is 32.1. The van der Waals surface area contributed by atoms with E-state index in [1.54, 1.807) is 11.3 Å². The first-order valence-corrected chi connectivity index (χ1v) is 7.77. The Morgan fingerprint density at radius 3 is 2.89 bits per heavy atom. The number of hydrogen-bond acceptors (Lipinski definition) is 3. The van der Waals surface area contributed by atoms with Gasteiger partial charge in [0.25, 0.3) is 0 Å². The van der Waals surface area contributed by atoms with Crippen LogP contribution in [0.3, 0.4) is 0 Å². The second-order valence-corrected chi connectivity index (χ2v) is 5.97. The standard InChI is InChI=1S/C16H19NOS/c18-16(14-7-8-19-11-14)10-17-15-6-5-12-3-1-2-4-13(12)9-15/h1-4,7-8,11,15-18H,5-6,9-10H2/t15-,16-/m0/s1. The SMILES string of the molecule is O[C@@H](CN[C@H]1CCc2ccccc2C1)c1ccsc1. The van der Waals surface area contributed by atoms with E-state index in [0.717, 1.165) is 24.8 Å². The van der Waals surface area contributed by atoms with E-state index in [9.17, 15) is 5.11 Å². The van der Waals surface area contributed by atoms with Crippen LogP contribution in [0.15, 0.2) is 41.1 Å². The number of fused-ring (bicyclic) bond motifs is 1. The average Bonchev–Trinajstić information content (AvgIpc) is 2.99. The summed E-state index contributed by atoms with van der Waals surface area (Å²) in [6.07, 6.45) is 2.99. The number of aliphatic hydroxyl groups is 1. The van der Waals surface area contributed by atoms with Gasteiger partial charge in [0.05, 0.1) is 6.10 Å². The Bertz CT molecular complexity index is 523. The molecule has 0 unspecified atom stereocenters. The van der Waals surface area contributed by atoms with Crippen LogP contribution >= 0.6 is 11.3 Å². The highest BCUT2D eigenvalue weighted by molar-refractivity contribution is 7.07. The Kier molecular flexibility index (Phi) is 3.97. The molecule has 0 spiro atoms. The summed E-state index contributed by atoms with van der Waals surface area (Å²) in [6.45, 7) is 0.642. The Labute approximate surface area is 118 Å². The first-order valence-electron chi connectivity index (χ1n) is 6.83. The van der Waals surface area contributed by atoms with Gasteiger partial charge in [-0.2, -0.15) is 11.3 Å². The zero-order chi connectivity index (χ0) is 13.1. The molecule has 2 N–H and O–H groups in total.